The monoisotopic (exact) mass is 351 g/mol. The number of benzene rings is 2. The van der Waals surface area contributed by atoms with E-state index in [1.807, 2.05) is 0 Å². The van der Waals surface area contributed by atoms with Crippen LogP contribution < -0.4 is 9.47 Å². The summed E-state index contributed by atoms with van der Waals surface area (Å²) >= 11 is 3.24. The summed E-state index contributed by atoms with van der Waals surface area (Å²) in [6.07, 6.45) is 0.617. The van der Waals surface area contributed by atoms with E-state index in [0.717, 1.165) is 0 Å². The zero-order valence-electron chi connectivity index (χ0n) is 10.9. The Kier molecular flexibility index (Phi) is 4.54. The van der Waals surface area contributed by atoms with Crippen LogP contribution in [0.2, 0.25) is 0 Å². The molecule has 0 fully saturated rings. The van der Waals surface area contributed by atoms with Gasteiger partial charge < -0.3 is 9.47 Å². The minimum atomic E-state index is -0.561. The molecule has 0 heterocycles. The van der Waals surface area contributed by atoms with Crippen LogP contribution in [-0.4, -0.2) is 18.3 Å². The summed E-state index contributed by atoms with van der Waals surface area (Å²) in [5, 5.41) is 11.0. The Hall–Kier alpha value is -2.41. The van der Waals surface area contributed by atoms with E-state index in [0.29, 0.717) is 16.5 Å². The highest BCUT2D eigenvalue weighted by atomic mass is 79.9. The fourth-order valence-corrected chi connectivity index (χ4v) is 2.06. The summed E-state index contributed by atoms with van der Waals surface area (Å²) in [5.41, 5.74) is 0.0667. The van der Waals surface area contributed by atoms with Gasteiger partial charge >= 0.3 is 5.69 Å². The Balaban J connectivity index is 2.47. The molecular formula is C14H10BrNO5. The molecule has 0 N–H and O–H groups in total. The Bertz CT molecular complexity index is 702. The van der Waals surface area contributed by atoms with Crippen molar-refractivity contribution in [3.8, 4) is 17.2 Å². The third-order valence-electron chi connectivity index (χ3n) is 2.68. The quantitative estimate of drug-likeness (QED) is 0.462. The van der Waals surface area contributed by atoms with E-state index < -0.39 is 4.92 Å². The Morgan fingerprint density at radius 3 is 2.57 bits per heavy atom. The van der Waals surface area contributed by atoms with Crippen molar-refractivity contribution in [2.75, 3.05) is 7.11 Å². The number of methoxy groups -OCH3 is 1. The number of halogens is 1. The van der Waals surface area contributed by atoms with E-state index in [9.17, 15) is 14.9 Å². The average Bonchev–Trinajstić information content (AvgIpc) is 2.48. The van der Waals surface area contributed by atoms with Crippen molar-refractivity contribution in [2.24, 2.45) is 0 Å². The first-order valence-corrected chi connectivity index (χ1v) is 6.59. The van der Waals surface area contributed by atoms with Crippen molar-refractivity contribution in [1.82, 2.24) is 0 Å². The van der Waals surface area contributed by atoms with Gasteiger partial charge in [-0.15, -0.1) is 0 Å². The lowest BCUT2D eigenvalue weighted by molar-refractivity contribution is -0.385. The molecule has 0 bridgehead atoms. The summed E-state index contributed by atoms with van der Waals surface area (Å²) in [6.45, 7) is 0. The van der Waals surface area contributed by atoms with Crippen molar-refractivity contribution < 1.29 is 19.2 Å². The van der Waals surface area contributed by atoms with Gasteiger partial charge in [-0.2, -0.15) is 0 Å². The van der Waals surface area contributed by atoms with Crippen LogP contribution in [0.15, 0.2) is 40.9 Å². The molecule has 7 heteroatoms. The number of ether oxygens (including phenoxy) is 2. The summed E-state index contributed by atoms with van der Waals surface area (Å²) in [4.78, 5) is 21.5. The lowest BCUT2D eigenvalue weighted by Gasteiger charge is -2.10. The summed E-state index contributed by atoms with van der Waals surface area (Å²) < 4.78 is 11.2. The molecule has 0 saturated carbocycles. The largest absolute Gasteiger partial charge is 0.497 e. The third kappa shape index (κ3) is 3.38. The van der Waals surface area contributed by atoms with Gasteiger partial charge in [0.25, 0.3) is 0 Å². The number of nitro groups is 1. The zero-order valence-corrected chi connectivity index (χ0v) is 12.5. The van der Waals surface area contributed by atoms with Gasteiger partial charge in [0.2, 0.25) is 5.75 Å². The minimum absolute atomic E-state index is 0.00442. The van der Waals surface area contributed by atoms with Gasteiger partial charge in [0.15, 0.2) is 6.29 Å². The molecule has 2 aromatic rings. The maximum Gasteiger partial charge on any atom is 0.311 e. The predicted octanol–water partition coefficient (Wildman–Crippen LogP) is 3.97. The Morgan fingerprint density at radius 2 is 1.95 bits per heavy atom. The van der Waals surface area contributed by atoms with Gasteiger partial charge in [-0.25, -0.2) is 0 Å². The van der Waals surface area contributed by atoms with Crippen LogP contribution in [0.25, 0.3) is 0 Å². The van der Waals surface area contributed by atoms with Crippen molar-refractivity contribution in [1.29, 1.82) is 0 Å². The molecule has 21 heavy (non-hydrogen) atoms. The number of rotatable bonds is 5. The van der Waals surface area contributed by atoms with Crippen molar-refractivity contribution in [3.63, 3.8) is 0 Å². The summed E-state index contributed by atoms with van der Waals surface area (Å²) in [5.74, 6) is 0.648. The maximum absolute atomic E-state index is 11.1. The van der Waals surface area contributed by atoms with Gasteiger partial charge in [-0.05, 0) is 24.3 Å². The van der Waals surface area contributed by atoms with Crippen LogP contribution in [-0.2, 0) is 0 Å². The second-order valence-corrected chi connectivity index (χ2v) is 4.91. The maximum atomic E-state index is 11.1. The molecule has 0 atom stereocenters. The molecule has 0 saturated heterocycles. The fraction of sp³-hybridized carbons (Fsp3) is 0.0714. The minimum Gasteiger partial charge on any atom is -0.497 e. The smallest absolute Gasteiger partial charge is 0.311 e. The molecule has 0 aliphatic carbocycles. The highest BCUT2D eigenvalue weighted by Gasteiger charge is 2.18. The average molecular weight is 352 g/mol. The molecule has 0 aromatic heterocycles. The zero-order chi connectivity index (χ0) is 15.4. The lowest BCUT2D eigenvalue weighted by Crippen LogP contribution is -1.96. The molecule has 108 valence electrons. The number of nitro benzene ring substituents is 1. The van der Waals surface area contributed by atoms with E-state index >= 15 is 0 Å². The lowest BCUT2D eigenvalue weighted by atomic mass is 10.2. The molecule has 0 aliphatic heterocycles. The van der Waals surface area contributed by atoms with E-state index in [2.05, 4.69) is 15.9 Å². The first-order chi connectivity index (χ1) is 10.0. The highest BCUT2D eigenvalue weighted by Crippen LogP contribution is 2.36. The van der Waals surface area contributed by atoms with Crippen LogP contribution in [0.1, 0.15) is 10.4 Å². The fourth-order valence-electron chi connectivity index (χ4n) is 1.68. The van der Waals surface area contributed by atoms with E-state index in [-0.39, 0.29) is 22.7 Å². The van der Waals surface area contributed by atoms with E-state index in [4.69, 9.17) is 9.47 Å². The predicted molar refractivity (Wildman–Crippen MR) is 79.3 cm³/mol. The number of hydrogen-bond donors (Lipinski definition) is 0. The Labute approximate surface area is 128 Å². The highest BCUT2D eigenvalue weighted by molar-refractivity contribution is 9.10. The molecule has 0 unspecified atom stereocenters. The van der Waals surface area contributed by atoms with Gasteiger partial charge in [0, 0.05) is 16.6 Å². The SMILES string of the molecule is COc1ccc([N+](=O)[O-])c(Oc2ccc(Br)cc2C=O)c1. The van der Waals surface area contributed by atoms with Crippen LogP contribution >= 0.6 is 15.9 Å². The van der Waals surface area contributed by atoms with Crippen LogP contribution in [0, 0.1) is 10.1 Å². The van der Waals surface area contributed by atoms with Crippen molar-refractivity contribution in [2.45, 2.75) is 0 Å². The number of carbonyl (C=O) groups excluding carboxylic acids is 1. The molecule has 0 spiro atoms. The van der Waals surface area contributed by atoms with E-state index in [1.54, 1.807) is 18.2 Å². The third-order valence-corrected chi connectivity index (χ3v) is 3.18. The normalized spacial score (nSPS) is 10.0. The summed E-state index contributed by atoms with van der Waals surface area (Å²) in [6, 6.07) is 8.94. The summed E-state index contributed by atoms with van der Waals surface area (Å²) in [7, 11) is 1.45. The van der Waals surface area contributed by atoms with Crippen LogP contribution in [0.3, 0.4) is 0 Å². The topological polar surface area (TPSA) is 78.7 Å². The number of hydrogen-bond acceptors (Lipinski definition) is 5. The molecule has 2 rings (SSSR count). The van der Waals surface area contributed by atoms with Crippen molar-refractivity contribution >= 4 is 27.9 Å². The van der Waals surface area contributed by atoms with Crippen LogP contribution in [0.5, 0.6) is 17.2 Å². The molecule has 0 aliphatic rings. The van der Waals surface area contributed by atoms with Gasteiger partial charge in [-0.3, -0.25) is 14.9 Å². The van der Waals surface area contributed by atoms with Crippen LogP contribution in [0.4, 0.5) is 5.69 Å². The van der Waals surface area contributed by atoms with Gasteiger partial charge in [0.05, 0.1) is 17.6 Å². The molecule has 0 radical (unpaired) electrons. The molecule has 0 amide bonds. The van der Waals surface area contributed by atoms with Gasteiger partial charge in [-0.1, -0.05) is 15.9 Å². The second-order valence-electron chi connectivity index (χ2n) is 3.99. The molecule has 6 nitrogen and oxygen atoms in total. The molecule has 2 aromatic carbocycles. The van der Waals surface area contributed by atoms with Gasteiger partial charge in [0.1, 0.15) is 11.5 Å². The van der Waals surface area contributed by atoms with Crippen molar-refractivity contribution in [3.05, 3.63) is 56.5 Å². The first kappa shape index (κ1) is 15.0. The number of aldehydes is 1. The first-order valence-electron chi connectivity index (χ1n) is 5.80. The number of carbonyl (C=O) groups is 1. The Morgan fingerprint density at radius 1 is 1.19 bits per heavy atom. The second kappa shape index (κ2) is 6.36. The molecular weight excluding hydrogens is 342 g/mol. The number of nitrogens with zero attached hydrogens (tertiary/aromatic N) is 1. The van der Waals surface area contributed by atoms with E-state index in [1.165, 1.54) is 25.3 Å². The standard InChI is InChI=1S/C14H10BrNO5/c1-20-11-3-4-12(16(18)19)14(7-11)21-13-5-2-10(15)6-9(13)8-17/h2-8H,1H3.